The molecule has 0 saturated carbocycles. The first-order valence-corrected chi connectivity index (χ1v) is 9.91. The van der Waals surface area contributed by atoms with Gasteiger partial charge < -0.3 is 20.8 Å². The molecule has 4 N–H and O–H groups in total. The molecule has 0 fully saturated rings. The molecular formula is C24H25N5O. The van der Waals surface area contributed by atoms with E-state index in [1.165, 1.54) is 10.9 Å². The van der Waals surface area contributed by atoms with Crippen LogP contribution in [0.15, 0.2) is 67.3 Å². The standard InChI is InChI=1S/C24H25N5O/c1-26-24-11-17(8-9-28-24)6-7-18-10-21(15-27-13-18)30-16-20(25)12-19-14-29-23-5-3-2-4-22(19)23/h2-11,13-15,20,29H,12,16,25H2,1H3,(H,26,28)/t20-/m1/s1. The lowest BCUT2D eigenvalue weighted by atomic mass is 10.1. The summed E-state index contributed by atoms with van der Waals surface area (Å²) in [6, 6.07) is 14.0. The summed E-state index contributed by atoms with van der Waals surface area (Å²) >= 11 is 0. The van der Waals surface area contributed by atoms with E-state index in [4.69, 9.17) is 10.5 Å². The largest absolute Gasteiger partial charge is 0.490 e. The quantitative estimate of drug-likeness (QED) is 0.415. The number of pyridine rings is 2. The van der Waals surface area contributed by atoms with Crippen molar-refractivity contribution >= 4 is 28.9 Å². The first kappa shape index (κ1) is 19.7. The number of aromatic amines is 1. The first-order chi connectivity index (χ1) is 14.7. The maximum absolute atomic E-state index is 6.32. The van der Waals surface area contributed by atoms with Gasteiger partial charge in [0.05, 0.1) is 6.20 Å². The van der Waals surface area contributed by atoms with Crippen molar-refractivity contribution in [2.75, 3.05) is 19.0 Å². The number of rotatable bonds is 8. The average molecular weight is 399 g/mol. The molecule has 0 radical (unpaired) electrons. The molecule has 30 heavy (non-hydrogen) atoms. The van der Waals surface area contributed by atoms with E-state index >= 15 is 0 Å². The first-order valence-electron chi connectivity index (χ1n) is 9.91. The van der Waals surface area contributed by atoms with Crippen LogP contribution in [0.4, 0.5) is 5.82 Å². The van der Waals surface area contributed by atoms with Crippen molar-refractivity contribution < 1.29 is 4.74 Å². The number of nitrogens with zero attached hydrogens (tertiary/aromatic N) is 2. The number of anilines is 1. The number of para-hydroxylation sites is 1. The molecule has 1 atom stereocenters. The number of fused-ring (bicyclic) bond motifs is 1. The zero-order chi connectivity index (χ0) is 20.8. The number of aromatic nitrogens is 3. The van der Waals surface area contributed by atoms with Gasteiger partial charge in [0.1, 0.15) is 18.2 Å². The minimum atomic E-state index is -0.111. The molecule has 6 nitrogen and oxygen atoms in total. The number of benzene rings is 1. The number of hydrogen-bond acceptors (Lipinski definition) is 5. The number of hydrogen-bond donors (Lipinski definition) is 3. The zero-order valence-corrected chi connectivity index (χ0v) is 16.9. The van der Waals surface area contributed by atoms with Crippen LogP contribution in [0, 0.1) is 0 Å². The number of H-pyrrole nitrogens is 1. The second-order valence-corrected chi connectivity index (χ2v) is 7.15. The van der Waals surface area contributed by atoms with Crippen LogP contribution < -0.4 is 15.8 Å². The van der Waals surface area contributed by atoms with Crippen molar-refractivity contribution in [3.05, 3.63) is 83.9 Å². The molecule has 0 unspecified atom stereocenters. The Kier molecular flexibility index (Phi) is 6.06. The van der Waals surface area contributed by atoms with Gasteiger partial charge in [-0.1, -0.05) is 30.4 Å². The van der Waals surface area contributed by atoms with Gasteiger partial charge in [0.25, 0.3) is 0 Å². The van der Waals surface area contributed by atoms with E-state index in [0.717, 1.165) is 28.9 Å². The predicted octanol–water partition coefficient (Wildman–Crippen LogP) is 4.12. The number of nitrogens with one attached hydrogen (secondary N) is 2. The second kappa shape index (κ2) is 9.24. The lowest BCUT2D eigenvalue weighted by molar-refractivity contribution is 0.287. The molecule has 4 aromatic rings. The highest BCUT2D eigenvalue weighted by Crippen LogP contribution is 2.19. The third kappa shape index (κ3) is 4.85. The summed E-state index contributed by atoms with van der Waals surface area (Å²) in [6.45, 7) is 0.421. The van der Waals surface area contributed by atoms with Gasteiger partial charge >= 0.3 is 0 Å². The highest BCUT2D eigenvalue weighted by Gasteiger charge is 2.10. The van der Waals surface area contributed by atoms with E-state index < -0.39 is 0 Å². The Morgan fingerprint density at radius 1 is 1.13 bits per heavy atom. The Morgan fingerprint density at radius 3 is 2.90 bits per heavy atom. The molecule has 0 aliphatic carbocycles. The molecule has 0 spiro atoms. The minimum absolute atomic E-state index is 0.111. The second-order valence-electron chi connectivity index (χ2n) is 7.15. The highest BCUT2D eigenvalue weighted by atomic mass is 16.5. The Balaban J connectivity index is 1.36. The Bertz CT molecular complexity index is 1150. The lowest BCUT2D eigenvalue weighted by Gasteiger charge is -2.13. The highest BCUT2D eigenvalue weighted by molar-refractivity contribution is 5.83. The van der Waals surface area contributed by atoms with Crippen LogP contribution in [-0.2, 0) is 6.42 Å². The zero-order valence-electron chi connectivity index (χ0n) is 16.9. The van der Waals surface area contributed by atoms with E-state index in [9.17, 15) is 0 Å². The summed E-state index contributed by atoms with van der Waals surface area (Å²) < 4.78 is 5.91. The maximum Gasteiger partial charge on any atom is 0.138 e. The number of nitrogens with two attached hydrogens (primary N) is 1. The molecule has 0 saturated heterocycles. The van der Waals surface area contributed by atoms with Gasteiger partial charge in [0, 0.05) is 42.6 Å². The van der Waals surface area contributed by atoms with Crippen LogP contribution in [-0.4, -0.2) is 34.6 Å². The van der Waals surface area contributed by atoms with E-state index in [1.54, 1.807) is 18.6 Å². The third-order valence-electron chi connectivity index (χ3n) is 4.86. The summed E-state index contributed by atoms with van der Waals surface area (Å²) in [5, 5.41) is 4.24. The number of ether oxygens (including phenoxy) is 1. The van der Waals surface area contributed by atoms with Crippen molar-refractivity contribution in [2.24, 2.45) is 5.73 Å². The van der Waals surface area contributed by atoms with Gasteiger partial charge in [-0.3, -0.25) is 4.98 Å². The van der Waals surface area contributed by atoms with Crippen molar-refractivity contribution in [1.29, 1.82) is 0 Å². The normalized spacial score (nSPS) is 12.3. The predicted molar refractivity (Wildman–Crippen MR) is 122 cm³/mol. The summed E-state index contributed by atoms with van der Waals surface area (Å²) in [6.07, 6.45) is 12.1. The van der Waals surface area contributed by atoms with Gasteiger partial charge in [-0.25, -0.2) is 4.98 Å². The molecule has 3 aromatic heterocycles. The van der Waals surface area contributed by atoms with Crippen LogP contribution >= 0.6 is 0 Å². The van der Waals surface area contributed by atoms with E-state index in [-0.39, 0.29) is 6.04 Å². The van der Waals surface area contributed by atoms with E-state index in [2.05, 4.69) is 32.4 Å². The van der Waals surface area contributed by atoms with Crippen molar-refractivity contribution in [3.63, 3.8) is 0 Å². The topological polar surface area (TPSA) is 88.9 Å². The molecule has 152 valence electrons. The van der Waals surface area contributed by atoms with Crippen LogP contribution in [0.25, 0.3) is 23.1 Å². The molecule has 0 bridgehead atoms. The monoisotopic (exact) mass is 399 g/mol. The average Bonchev–Trinajstić information content (AvgIpc) is 3.19. The van der Waals surface area contributed by atoms with Crippen LogP contribution in [0.5, 0.6) is 5.75 Å². The summed E-state index contributed by atoms with van der Waals surface area (Å²) in [5.74, 6) is 1.54. The molecular weight excluding hydrogens is 374 g/mol. The fourth-order valence-corrected chi connectivity index (χ4v) is 3.33. The summed E-state index contributed by atoms with van der Waals surface area (Å²) in [4.78, 5) is 11.8. The third-order valence-corrected chi connectivity index (χ3v) is 4.86. The molecule has 3 heterocycles. The SMILES string of the molecule is CNc1cc(C=Cc2cncc(OC[C@H](N)Cc3c[nH]c4ccccc34)c2)ccn1. The fraction of sp³-hybridized carbons (Fsp3) is 0.167. The molecule has 0 aliphatic heterocycles. The van der Waals surface area contributed by atoms with Gasteiger partial charge in [-0.15, -0.1) is 0 Å². The lowest BCUT2D eigenvalue weighted by Crippen LogP contribution is -2.30. The molecule has 0 amide bonds. The smallest absolute Gasteiger partial charge is 0.138 e. The summed E-state index contributed by atoms with van der Waals surface area (Å²) in [5.41, 5.74) is 10.7. The molecule has 0 aliphatic rings. The van der Waals surface area contributed by atoms with Crippen molar-refractivity contribution in [2.45, 2.75) is 12.5 Å². The molecule has 4 rings (SSSR count). The van der Waals surface area contributed by atoms with Crippen LogP contribution in [0.1, 0.15) is 16.7 Å². The van der Waals surface area contributed by atoms with Gasteiger partial charge in [0.2, 0.25) is 0 Å². The van der Waals surface area contributed by atoms with E-state index in [0.29, 0.717) is 12.4 Å². The molecule has 6 heteroatoms. The van der Waals surface area contributed by atoms with Gasteiger partial charge in [-0.2, -0.15) is 0 Å². The van der Waals surface area contributed by atoms with Crippen LogP contribution in [0.2, 0.25) is 0 Å². The Labute approximate surface area is 175 Å². The van der Waals surface area contributed by atoms with Gasteiger partial charge in [0.15, 0.2) is 0 Å². The molecule has 1 aromatic carbocycles. The Morgan fingerprint density at radius 2 is 2.00 bits per heavy atom. The van der Waals surface area contributed by atoms with Crippen molar-refractivity contribution in [3.8, 4) is 5.75 Å². The van der Waals surface area contributed by atoms with Crippen molar-refractivity contribution in [1.82, 2.24) is 15.0 Å². The van der Waals surface area contributed by atoms with Crippen LogP contribution in [0.3, 0.4) is 0 Å². The maximum atomic E-state index is 6.32. The minimum Gasteiger partial charge on any atom is -0.490 e. The fourth-order valence-electron chi connectivity index (χ4n) is 3.33. The summed E-state index contributed by atoms with van der Waals surface area (Å²) in [7, 11) is 1.85. The van der Waals surface area contributed by atoms with Gasteiger partial charge in [-0.05, 0) is 47.4 Å². The van der Waals surface area contributed by atoms with E-state index in [1.807, 2.05) is 55.7 Å². The Hall–Kier alpha value is -3.64.